The third-order valence-electron chi connectivity index (χ3n) is 1.43. The molecule has 0 amide bonds. The third kappa shape index (κ3) is 3.90. The molecule has 0 aromatic carbocycles. The number of hydrogen-bond donors (Lipinski definition) is 0. The zero-order chi connectivity index (χ0) is 10.8. The molecule has 0 N–H and O–H groups in total. The van der Waals surface area contributed by atoms with Gasteiger partial charge in [0.15, 0.2) is 5.76 Å². The Morgan fingerprint density at radius 1 is 1.33 bits per heavy atom. The maximum atomic E-state index is 11.7. The average Bonchev–Trinajstić information content (AvgIpc) is 2.53. The monoisotopic (exact) mass is 233 g/mol. The topological polar surface area (TPSA) is 47.3 Å². The largest absolute Gasteiger partial charge is 0.461 e. The number of carbonyl (C=O) groups excluding carboxylic acids is 2. The molecule has 0 saturated carbocycles. The molecule has 79 valence electrons. The predicted octanol–water partition coefficient (Wildman–Crippen LogP) is 1.60. The summed E-state index contributed by atoms with van der Waals surface area (Å²) in [6.07, 6.45) is -5.04. The van der Waals surface area contributed by atoms with E-state index in [0.29, 0.717) is 0 Å². The Labute approximate surface area is 93.4 Å². The molecule has 3 radical (unpaired) electrons. The molecule has 1 aromatic heterocycles. The number of hydrogen-bond acceptors (Lipinski definition) is 3. The number of furan rings is 1. The molecule has 3 nitrogen and oxygen atoms in total. The van der Waals surface area contributed by atoms with Crippen LogP contribution in [0.5, 0.6) is 0 Å². The lowest BCUT2D eigenvalue weighted by atomic mass is 10.1. The van der Waals surface area contributed by atoms with Gasteiger partial charge in [-0.1, -0.05) is 0 Å². The van der Waals surface area contributed by atoms with Crippen LogP contribution in [0.2, 0.25) is 0 Å². The van der Waals surface area contributed by atoms with Crippen molar-refractivity contribution in [1.29, 1.82) is 0 Å². The minimum atomic E-state index is -4.97. The minimum absolute atomic E-state index is 0. The summed E-state index contributed by atoms with van der Waals surface area (Å²) >= 11 is 0. The summed E-state index contributed by atoms with van der Waals surface area (Å²) in [6.45, 7) is 0. The van der Waals surface area contributed by atoms with Gasteiger partial charge in [-0.25, -0.2) is 0 Å². The van der Waals surface area contributed by atoms with Crippen molar-refractivity contribution in [3.63, 3.8) is 0 Å². The molecule has 0 aliphatic carbocycles. The molecule has 0 aliphatic rings. The van der Waals surface area contributed by atoms with Gasteiger partial charge in [-0.2, -0.15) is 13.2 Å². The van der Waals surface area contributed by atoms with Gasteiger partial charge in [0.1, 0.15) is 0 Å². The van der Waals surface area contributed by atoms with E-state index in [1.165, 1.54) is 12.1 Å². The summed E-state index contributed by atoms with van der Waals surface area (Å²) in [6, 6.07) is 2.55. The van der Waals surface area contributed by atoms with Crippen molar-refractivity contribution in [1.82, 2.24) is 0 Å². The molecule has 0 fully saturated rings. The van der Waals surface area contributed by atoms with Gasteiger partial charge in [-0.3, -0.25) is 9.59 Å². The highest BCUT2D eigenvalue weighted by Crippen LogP contribution is 2.19. The molecule has 1 aromatic rings. The first-order valence-electron chi connectivity index (χ1n) is 3.58. The SMILES string of the molecule is O=C(CC(=O)C(F)(F)F)c1ccco1.[Al]. The second-order valence-electron chi connectivity index (χ2n) is 2.50. The van der Waals surface area contributed by atoms with Crippen LogP contribution in [-0.4, -0.2) is 35.1 Å². The number of alkyl halides is 3. The Morgan fingerprint density at radius 2 is 1.93 bits per heavy atom. The zero-order valence-corrected chi connectivity index (χ0v) is 8.53. The molecule has 0 spiro atoms. The molecule has 7 heteroatoms. The van der Waals surface area contributed by atoms with Crippen molar-refractivity contribution in [2.75, 3.05) is 0 Å². The molecule has 15 heavy (non-hydrogen) atoms. The van der Waals surface area contributed by atoms with Gasteiger partial charge in [0, 0.05) is 17.4 Å². The summed E-state index contributed by atoms with van der Waals surface area (Å²) in [5.74, 6) is -3.29. The van der Waals surface area contributed by atoms with Gasteiger partial charge in [-0.05, 0) is 12.1 Å². The number of ketones is 2. The summed E-state index contributed by atoms with van der Waals surface area (Å²) in [5, 5.41) is 0. The fourth-order valence-corrected chi connectivity index (χ4v) is 0.770. The number of carbonyl (C=O) groups is 2. The van der Waals surface area contributed by atoms with Crippen LogP contribution in [0.25, 0.3) is 0 Å². The van der Waals surface area contributed by atoms with Gasteiger partial charge in [0.05, 0.1) is 12.7 Å². The summed E-state index contributed by atoms with van der Waals surface area (Å²) in [7, 11) is 0. The second kappa shape index (κ2) is 5.14. The lowest BCUT2D eigenvalue weighted by molar-refractivity contribution is -0.170. The van der Waals surface area contributed by atoms with Gasteiger partial charge < -0.3 is 4.42 Å². The minimum Gasteiger partial charge on any atom is -0.461 e. The standard InChI is InChI=1S/C8H5F3O3.Al/c9-8(10,11)7(13)4-5(12)6-2-1-3-14-6;/h1-3H,4H2;. The Hall–Kier alpha value is -1.06. The van der Waals surface area contributed by atoms with Crippen LogP contribution in [0.3, 0.4) is 0 Å². The van der Waals surface area contributed by atoms with E-state index >= 15 is 0 Å². The van der Waals surface area contributed by atoms with Gasteiger partial charge in [0.25, 0.3) is 0 Å². The van der Waals surface area contributed by atoms with Crippen LogP contribution in [0.4, 0.5) is 13.2 Å². The fraction of sp³-hybridized carbons (Fsp3) is 0.250. The fourth-order valence-electron chi connectivity index (χ4n) is 0.770. The normalized spacial score (nSPS) is 10.6. The van der Waals surface area contributed by atoms with E-state index in [-0.39, 0.29) is 23.1 Å². The van der Waals surface area contributed by atoms with Crippen molar-refractivity contribution in [2.45, 2.75) is 12.6 Å². The van der Waals surface area contributed by atoms with Gasteiger partial charge >= 0.3 is 6.18 Å². The van der Waals surface area contributed by atoms with E-state index < -0.39 is 24.2 Å². The summed E-state index contributed by atoms with van der Waals surface area (Å²) in [5.41, 5.74) is 0. The third-order valence-corrected chi connectivity index (χ3v) is 1.43. The Kier molecular flexibility index (Phi) is 4.78. The summed E-state index contributed by atoms with van der Waals surface area (Å²) < 4.78 is 39.7. The van der Waals surface area contributed by atoms with E-state index in [0.717, 1.165) is 6.26 Å². The van der Waals surface area contributed by atoms with E-state index in [1.807, 2.05) is 0 Å². The highest BCUT2D eigenvalue weighted by molar-refractivity contribution is 6.08. The van der Waals surface area contributed by atoms with Crippen LogP contribution in [0.1, 0.15) is 17.0 Å². The molecular formula is C8H5AlF3O3. The molecule has 0 unspecified atom stereocenters. The average molecular weight is 233 g/mol. The lowest BCUT2D eigenvalue weighted by Crippen LogP contribution is -2.25. The van der Waals surface area contributed by atoms with Crippen LogP contribution in [0, 0.1) is 0 Å². The van der Waals surface area contributed by atoms with Crippen molar-refractivity contribution in [2.24, 2.45) is 0 Å². The lowest BCUT2D eigenvalue weighted by Gasteiger charge is -2.02. The Balaban J connectivity index is 0.00000196. The van der Waals surface area contributed by atoms with Crippen molar-refractivity contribution in [3.05, 3.63) is 24.2 Å². The summed E-state index contributed by atoms with van der Waals surface area (Å²) in [4.78, 5) is 21.3. The maximum absolute atomic E-state index is 11.7. The predicted molar refractivity (Wildman–Crippen MR) is 44.5 cm³/mol. The van der Waals surface area contributed by atoms with Gasteiger partial charge in [-0.15, -0.1) is 0 Å². The molecule has 0 bridgehead atoms. The first kappa shape index (κ1) is 13.9. The first-order valence-corrected chi connectivity index (χ1v) is 3.58. The van der Waals surface area contributed by atoms with E-state index in [9.17, 15) is 22.8 Å². The Bertz CT molecular complexity index is 343. The van der Waals surface area contributed by atoms with E-state index in [2.05, 4.69) is 4.42 Å². The highest BCUT2D eigenvalue weighted by Gasteiger charge is 2.39. The van der Waals surface area contributed by atoms with Crippen LogP contribution in [0.15, 0.2) is 22.8 Å². The van der Waals surface area contributed by atoms with Crippen LogP contribution in [-0.2, 0) is 4.79 Å². The van der Waals surface area contributed by atoms with E-state index in [1.54, 1.807) is 0 Å². The number of Topliss-reactive ketones (excluding diaryl/α,β-unsaturated/α-hetero) is 2. The van der Waals surface area contributed by atoms with Crippen LogP contribution >= 0.6 is 0 Å². The molecule has 0 atom stereocenters. The number of halogens is 3. The molecular weight excluding hydrogens is 228 g/mol. The number of rotatable bonds is 3. The van der Waals surface area contributed by atoms with Crippen molar-refractivity contribution < 1.29 is 27.2 Å². The van der Waals surface area contributed by atoms with Crippen molar-refractivity contribution in [3.8, 4) is 0 Å². The van der Waals surface area contributed by atoms with Gasteiger partial charge in [0.2, 0.25) is 11.6 Å². The zero-order valence-electron chi connectivity index (χ0n) is 7.38. The van der Waals surface area contributed by atoms with E-state index in [4.69, 9.17) is 0 Å². The van der Waals surface area contributed by atoms with Crippen LogP contribution < -0.4 is 0 Å². The maximum Gasteiger partial charge on any atom is 0.450 e. The molecule has 0 aliphatic heterocycles. The highest BCUT2D eigenvalue weighted by atomic mass is 27.0. The second-order valence-corrected chi connectivity index (χ2v) is 2.50. The Morgan fingerprint density at radius 3 is 2.33 bits per heavy atom. The quantitative estimate of drug-likeness (QED) is 0.452. The molecule has 1 heterocycles. The molecule has 1 rings (SSSR count). The van der Waals surface area contributed by atoms with Crippen molar-refractivity contribution >= 4 is 28.9 Å². The molecule has 0 saturated heterocycles. The first-order chi connectivity index (χ1) is 6.41. The smallest absolute Gasteiger partial charge is 0.450 e.